The van der Waals surface area contributed by atoms with Gasteiger partial charge >= 0.3 is 0 Å². The predicted molar refractivity (Wildman–Crippen MR) is 68.8 cm³/mol. The van der Waals surface area contributed by atoms with E-state index >= 15 is 0 Å². The number of aromatic nitrogens is 2. The van der Waals surface area contributed by atoms with E-state index in [9.17, 15) is 0 Å². The quantitative estimate of drug-likeness (QED) is 0.844. The zero-order valence-corrected chi connectivity index (χ0v) is 10.7. The van der Waals surface area contributed by atoms with Crippen LogP contribution in [0, 0.1) is 11.8 Å². The Balaban J connectivity index is 1.53. The summed E-state index contributed by atoms with van der Waals surface area (Å²) in [5, 5.41) is 7.97. The van der Waals surface area contributed by atoms with Crippen LogP contribution in [0.4, 0.5) is 0 Å². The summed E-state index contributed by atoms with van der Waals surface area (Å²) in [6.45, 7) is 1.25. The first-order valence-corrected chi connectivity index (χ1v) is 7.02. The average molecular weight is 233 g/mol. The Kier molecular flexibility index (Phi) is 3.19. The molecule has 2 saturated carbocycles. The lowest BCUT2D eigenvalue weighted by atomic mass is 9.90. The van der Waals surface area contributed by atoms with Gasteiger partial charge in [-0.25, -0.2) is 0 Å². The van der Waals surface area contributed by atoms with Crippen LogP contribution in [0.15, 0.2) is 12.4 Å². The molecule has 2 unspecified atom stereocenters. The summed E-state index contributed by atoms with van der Waals surface area (Å²) >= 11 is 0. The summed E-state index contributed by atoms with van der Waals surface area (Å²) in [6, 6.07) is 0.856. The van der Waals surface area contributed by atoms with Crippen LogP contribution in [0.5, 0.6) is 0 Å². The van der Waals surface area contributed by atoms with Gasteiger partial charge in [-0.3, -0.25) is 4.68 Å². The maximum absolute atomic E-state index is 4.27. The predicted octanol–water partition coefficient (Wildman–Crippen LogP) is 2.13. The van der Waals surface area contributed by atoms with E-state index in [1.54, 1.807) is 0 Å². The molecule has 3 heteroatoms. The summed E-state index contributed by atoms with van der Waals surface area (Å²) in [4.78, 5) is 0. The van der Waals surface area contributed by atoms with Crippen molar-refractivity contribution in [1.82, 2.24) is 15.1 Å². The summed E-state index contributed by atoms with van der Waals surface area (Å²) in [5.41, 5.74) is 1.41. The Morgan fingerprint density at radius 3 is 2.82 bits per heavy atom. The number of nitrogens with zero attached hydrogens (tertiary/aromatic N) is 2. The van der Waals surface area contributed by atoms with Gasteiger partial charge in [0.1, 0.15) is 0 Å². The van der Waals surface area contributed by atoms with E-state index in [0.29, 0.717) is 0 Å². The second-order valence-electron chi connectivity index (χ2n) is 5.86. The number of hydrogen-bond acceptors (Lipinski definition) is 2. The van der Waals surface area contributed by atoms with Crippen molar-refractivity contribution in [1.29, 1.82) is 0 Å². The Hall–Kier alpha value is -0.830. The smallest absolute Gasteiger partial charge is 0.0521 e. The maximum atomic E-state index is 4.27. The zero-order chi connectivity index (χ0) is 11.7. The normalized spacial score (nSPS) is 28.8. The van der Waals surface area contributed by atoms with Crippen LogP contribution in [-0.4, -0.2) is 22.4 Å². The molecule has 3 nitrogen and oxygen atoms in total. The fraction of sp³-hybridized carbons (Fsp3) is 0.786. The van der Waals surface area contributed by atoms with Gasteiger partial charge in [-0.15, -0.1) is 0 Å². The first-order valence-electron chi connectivity index (χ1n) is 7.02. The van der Waals surface area contributed by atoms with Crippen molar-refractivity contribution >= 4 is 0 Å². The molecule has 0 amide bonds. The van der Waals surface area contributed by atoms with Gasteiger partial charge in [-0.2, -0.15) is 5.10 Å². The fourth-order valence-corrected chi connectivity index (χ4v) is 3.14. The summed E-state index contributed by atoms with van der Waals surface area (Å²) in [6.07, 6.45) is 12.5. The summed E-state index contributed by atoms with van der Waals surface area (Å²) in [5.74, 6) is 1.78. The highest BCUT2D eigenvalue weighted by Gasteiger charge is 2.29. The molecule has 2 atom stereocenters. The van der Waals surface area contributed by atoms with E-state index in [-0.39, 0.29) is 0 Å². The second-order valence-corrected chi connectivity index (χ2v) is 5.86. The van der Waals surface area contributed by atoms with Crippen molar-refractivity contribution in [3.63, 3.8) is 0 Å². The number of hydrogen-bond donors (Lipinski definition) is 1. The Bertz CT molecular complexity index is 367. The molecule has 2 fully saturated rings. The fourth-order valence-electron chi connectivity index (χ4n) is 3.14. The molecule has 0 aromatic carbocycles. The minimum absolute atomic E-state index is 0.856. The van der Waals surface area contributed by atoms with Gasteiger partial charge in [-0.05, 0) is 56.0 Å². The topological polar surface area (TPSA) is 29.9 Å². The van der Waals surface area contributed by atoms with Gasteiger partial charge in [0.15, 0.2) is 0 Å². The standard InChI is InChI=1S/C14H23N3/c1-17-10-11(8-16-17)7-12-3-2-4-13(12)9-15-14-5-6-14/h8,10,12-15H,2-7,9H2,1H3. The molecule has 0 spiro atoms. The van der Waals surface area contributed by atoms with Crippen LogP contribution in [-0.2, 0) is 13.5 Å². The molecule has 1 heterocycles. The highest BCUT2D eigenvalue weighted by Crippen LogP contribution is 2.34. The number of aryl methyl sites for hydroxylation is 1. The average Bonchev–Trinajstić information content (AvgIpc) is 2.90. The van der Waals surface area contributed by atoms with E-state index in [2.05, 4.69) is 16.6 Å². The third-order valence-electron chi connectivity index (χ3n) is 4.32. The monoisotopic (exact) mass is 233 g/mol. The minimum Gasteiger partial charge on any atom is -0.314 e. The van der Waals surface area contributed by atoms with E-state index in [0.717, 1.165) is 17.9 Å². The van der Waals surface area contributed by atoms with Crippen molar-refractivity contribution in [2.45, 2.75) is 44.6 Å². The molecule has 0 radical (unpaired) electrons. The van der Waals surface area contributed by atoms with Gasteiger partial charge in [-0.1, -0.05) is 6.42 Å². The largest absolute Gasteiger partial charge is 0.314 e. The van der Waals surface area contributed by atoms with Crippen molar-refractivity contribution in [3.8, 4) is 0 Å². The van der Waals surface area contributed by atoms with Crippen LogP contribution in [0.1, 0.15) is 37.7 Å². The summed E-state index contributed by atoms with van der Waals surface area (Å²) < 4.78 is 1.92. The van der Waals surface area contributed by atoms with Gasteiger partial charge in [0.25, 0.3) is 0 Å². The molecule has 2 aliphatic rings. The van der Waals surface area contributed by atoms with Crippen molar-refractivity contribution < 1.29 is 0 Å². The van der Waals surface area contributed by atoms with Crippen LogP contribution < -0.4 is 5.32 Å². The third-order valence-corrected chi connectivity index (χ3v) is 4.32. The van der Waals surface area contributed by atoms with E-state index in [1.807, 2.05) is 17.9 Å². The second kappa shape index (κ2) is 4.81. The summed E-state index contributed by atoms with van der Waals surface area (Å²) in [7, 11) is 2.00. The molecule has 0 saturated heterocycles. The first kappa shape index (κ1) is 11.3. The van der Waals surface area contributed by atoms with E-state index in [1.165, 1.54) is 50.6 Å². The highest BCUT2D eigenvalue weighted by molar-refractivity contribution is 5.06. The van der Waals surface area contributed by atoms with E-state index < -0.39 is 0 Å². The molecule has 2 aliphatic carbocycles. The SMILES string of the molecule is Cn1cc(CC2CCCC2CNC2CC2)cn1. The van der Waals surface area contributed by atoms with Crippen molar-refractivity contribution in [2.75, 3.05) is 6.54 Å². The third kappa shape index (κ3) is 2.89. The van der Waals surface area contributed by atoms with Crippen molar-refractivity contribution in [3.05, 3.63) is 18.0 Å². The molecule has 1 aromatic rings. The Morgan fingerprint density at radius 1 is 1.29 bits per heavy atom. The Labute approximate surface area is 104 Å². The van der Waals surface area contributed by atoms with Crippen molar-refractivity contribution in [2.24, 2.45) is 18.9 Å². The van der Waals surface area contributed by atoms with Gasteiger partial charge in [0.2, 0.25) is 0 Å². The molecule has 1 N–H and O–H groups in total. The zero-order valence-electron chi connectivity index (χ0n) is 10.7. The Morgan fingerprint density at radius 2 is 2.12 bits per heavy atom. The van der Waals surface area contributed by atoms with Crippen LogP contribution in [0.2, 0.25) is 0 Å². The van der Waals surface area contributed by atoms with Gasteiger partial charge in [0, 0.05) is 19.3 Å². The lowest BCUT2D eigenvalue weighted by Gasteiger charge is -2.19. The first-order chi connectivity index (χ1) is 8.31. The molecule has 1 aromatic heterocycles. The number of nitrogens with one attached hydrogen (secondary N) is 1. The lowest BCUT2D eigenvalue weighted by molar-refractivity contribution is 0.364. The molecule has 0 aliphatic heterocycles. The highest BCUT2D eigenvalue weighted by atomic mass is 15.2. The van der Waals surface area contributed by atoms with Gasteiger partial charge < -0.3 is 5.32 Å². The molecular weight excluding hydrogens is 210 g/mol. The minimum atomic E-state index is 0.856. The maximum Gasteiger partial charge on any atom is 0.0521 e. The van der Waals surface area contributed by atoms with E-state index in [4.69, 9.17) is 0 Å². The molecular formula is C14H23N3. The van der Waals surface area contributed by atoms with Gasteiger partial charge in [0.05, 0.1) is 6.20 Å². The molecule has 17 heavy (non-hydrogen) atoms. The van der Waals surface area contributed by atoms with Crippen LogP contribution in [0.3, 0.4) is 0 Å². The molecule has 0 bridgehead atoms. The lowest BCUT2D eigenvalue weighted by Crippen LogP contribution is -2.27. The molecule has 94 valence electrons. The number of rotatable bonds is 5. The molecule has 3 rings (SSSR count). The van der Waals surface area contributed by atoms with Crippen LogP contribution >= 0.6 is 0 Å². The van der Waals surface area contributed by atoms with Crippen LogP contribution in [0.25, 0.3) is 0 Å².